The fraction of sp³-hybridized carbons (Fsp3) is 0.455. The second kappa shape index (κ2) is 10.5. The number of aromatic nitrogens is 2. The molecule has 2 aromatic rings. The monoisotopic (exact) mass is 426 g/mol. The van der Waals surface area contributed by atoms with Crippen LogP contribution in [0, 0.1) is 23.2 Å². The van der Waals surface area contributed by atoms with Crippen LogP contribution in [-0.2, 0) is 11.3 Å². The summed E-state index contributed by atoms with van der Waals surface area (Å²) in [5.74, 6) is 0.237. The third-order valence-electron chi connectivity index (χ3n) is 4.57. The number of nitriles is 1. The number of nitrogens with zero attached hydrogens (tertiary/aromatic N) is 3. The summed E-state index contributed by atoms with van der Waals surface area (Å²) in [6.07, 6.45) is 0.120. The summed E-state index contributed by atoms with van der Waals surface area (Å²) in [7, 11) is 0. The number of carbonyl (C=O) groups excluding carboxylic acids is 1. The molecule has 0 radical (unpaired) electrons. The number of anilines is 3. The maximum atomic E-state index is 12.6. The average Bonchev–Trinajstić information content (AvgIpc) is 2.69. The first kappa shape index (κ1) is 23.7. The van der Waals surface area contributed by atoms with Crippen LogP contribution in [0.25, 0.3) is 0 Å². The lowest BCUT2D eigenvalue weighted by atomic mass is 10.1. The van der Waals surface area contributed by atoms with E-state index in [1.165, 1.54) is 4.57 Å². The Balaban J connectivity index is 2.23. The van der Waals surface area contributed by atoms with E-state index in [1.54, 1.807) is 29.2 Å². The molecule has 1 aromatic heterocycles. The second-order valence-corrected chi connectivity index (χ2v) is 8.32. The van der Waals surface area contributed by atoms with E-state index in [-0.39, 0.29) is 42.2 Å². The van der Waals surface area contributed by atoms with E-state index in [0.717, 1.165) is 0 Å². The maximum absolute atomic E-state index is 12.6. The molecule has 0 unspecified atom stereocenters. The first-order valence-corrected chi connectivity index (χ1v) is 10.3. The van der Waals surface area contributed by atoms with Gasteiger partial charge in [0, 0.05) is 31.7 Å². The van der Waals surface area contributed by atoms with Crippen molar-refractivity contribution >= 4 is 23.1 Å². The normalized spacial score (nSPS) is 10.9. The summed E-state index contributed by atoms with van der Waals surface area (Å²) in [4.78, 5) is 41.4. The van der Waals surface area contributed by atoms with Gasteiger partial charge < -0.3 is 16.0 Å². The minimum atomic E-state index is -0.560. The Bertz CT molecular complexity index is 1060. The van der Waals surface area contributed by atoms with Crippen molar-refractivity contribution in [3.63, 3.8) is 0 Å². The zero-order valence-corrected chi connectivity index (χ0v) is 18.4. The molecule has 1 amide bonds. The number of H-pyrrole nitrogens is 1. The van der Waals surface area contributed by atoms with Gasteiger partial charge >= 0.3 is 5.69 Å². The number of nitrogens with two attached hydrogens (primary N) is 1. The van der Waals surface area contributed by atoms with Crippen LogP contribution in [0.5, 0.6) is 0 Å². The summed E-state index contributed by atoms with van der Waals surface area (Å²) in [5, 5.41) is 11.6. The Morgan fingerprint density at radius 2 is 1.84 bits per heavy atom. The van der Waals surface area contributed by atoms with Crippen LogP contribution in [0.2, 0.25) is 0 Å². The molecule has 166 valence electrons. The van der Waals surface area contributed by atoms with Crippen molar-refractivity contribution in [2.24, 2.45) is 11.8 Å². The SMILES string of the molecule is CC(C)CN(CCC(=O)Nc1ccc(C#N)cc1)c1c(N)n(CC(C)C)c(=O)[nH]c1=O. The summed E-state index contributed by atoms with van der Waals surface area (Å²) >= 11 is 0. The van der Waals surface area contributed by atoms with E-state index >= 15 is 0 Å². The molecule has 0 aliphatic rings. The van der Waals surface area contributed by atoms with Gasteiger partial charge in [0.15, 0.2) is 0 Å². The predicted octanol–water partition coefficient (Wildman–Crippen LogP) is 2.14. The number of rotatable bonds is 9. The van der Waals surface area contributed by atoms with Crippen molar-refractivity contribution in [3.05, 3.63) is 50.7 Å². The number of aromatic amines is 1. The molecule has 9 heteroatoms. The summed E-state index contributed by atoms with van der Waals surface area (Å²) in [6.45, 7) is 9.04. The van der Waals surface area contributed by atoms with E-state index in [2.05, 4.69) is 10.3 Å². The van der Waals surface area contributed by atoms with E-state index in [0.29, 0.717) is 24.3 Å². The van der Waals surface area contributed by atoms with Crippen LogP contribution in [0.4, 0.5) is 17.2 Å². The van der Waals surface area contributed by atoms with Crippen molar-refractivity contribution < 1.29 is 4.79 Å². The molecule has 4 N–H and O–H groups in total. The van der Waals surface area contributed by atoms with E-state index in [4.69, 9.17) is 11.0 Å². The number of carbonyl (C=O) groups is 1. The zero-order chi connectivity index (χ0) is 23.1. The smallest absolute Gasteiger partial charge is 0.330 e. The second-order valence-electron chi connectivity index (χ2n) is 8.32. The Morgan fingerprint density at radius 1 is 1.19 bits per heavy atom. The third kappa shape index (κ3) is 6.47. The minimum Gasteiger partial charge on any atom is -0.383 e. The topological polar surface area (TPSA) is 137 Å². The highest BCUT2D eigenvalue weighted by Gasteiger charge is 2.21. The van der Waals surface area contributed by atoms with E-state index in [1.807, 2.05) is 33.8 Å². The van der Waals surface area contributed by atoms with E-state index in [9.17, 15) is 14.4 Å². The molecule has 9 nitrogen and oxygen atoms in total. The van der Waals surface area contributed by atoms with Crippen LogP contribution in [-0.4, -0.2) is 28.5 Å². The van der Waals surface area contributed by atoms with Crippen LogP contribution in [0.15, 0.2) is 33.9 Å². The van der Waals surface area contributed by atoms with Gasteiger partial charge in [0.25, 0.3) is 5.56 Å². The number of amides is 1. The molecule has 1 aromatic carbocycles. The highest BCUT2D eigenvalue weighted by Crippen LogP contribution is 2.19. The highest BCUT2D eigenvalue weighted by molar-refractivity contribution is 5.91. The van der Waals surface area contributed by atoms with Crippen molar-refractivity contribution in [2.45, 2.75) is 40.7 Å². The van der Waals surface area contributed by atoms with Gasteiger partial charge in [0.1, 0.15) is 11.5 Å². The molecule has 0 bridgehead atoms. The predicted molar refractivity (Wildman–Crippen MR) is 122 cm³/mol. The quantitative estimate of drug-likeness (QED) is 0.562. The lowest BCUT2D eigenvalue weighted by molar-refractivity contribution is -0.116. The van der Waals surface area contributed by atoms with Crippen molar-refractivity contribution in [3.8, 4) is 6.07 Å². The summed E-state index contributed by atoms with van der Waals surface area (Å²) in [5.41, 5.74) is 6.44. The Labute approximate surface area is 181 Å². The first-order chi connectivity index (χ1) is 14.6. The minimum absolute atomic E-state index is 0.107. The van der Waals surface area contributed by atoms with Gasteiger partial charge in [-0.15, -0.1) is 0 Å². The molecule has 0 aliphatic heterocycles. The number of hydrogen-bond acceptors (Lipinski definition) is 6. The van der Waals surface area contributed by atoms with Crippen LogP contribution in [0.3, 0.4) is 0 Å². The molecule has 0 atom stereocenters. The number of benzene rings is 1. The molecule has 1 heterocycles. The lowest BCUT2D eigenvalue weighted by Gasteiger charge is -2.28. The number of nitrogens with one attached hydrogen (secondary N) is 2. The average molecular weight is 427 g/mol. The molecular formula is C22H30N6O3. The fourth-order valence-corrected chi connectivity index (χ4v) is 3.25. The Morgan fingerprint density at radius 3 is 2.39 bits per heavy atom. The van der Waals surface area contributed by atoms with Gasteiger partial charge in [-0.3, -0.25) is 19.1 Å². The lowest BCUT2D eigenvalue weighted by Crippen LogP contribution is -2.41. The Kier molecular flexibility index (Phi) is 8.02. The molecule has 0 fully saturated rings. The molecule has 0 saturated carbocycles. The van der Waals surface area contributed by atoms with Gasteiger partial charge in [0.2, 0.25) is 5.91 Å². The van der Waals surface area contributed by atoms with Crippen molar-refractivity contribution in [2.75, 3.05) is 29.0 Å². The third-order valence-corrected chi connectivity index (χ3v) is 4.57. The molecule has 0 saturated heterocycles. The maximum Gasteiger partial charge on any atom is 0.330 e. The van der Waals surface area contributed by atoms with E-state index < -0.39 is 11.2 Å². The van der Waals surface area contributed by atoms with Gasteiger partial charge in [-0.1, -0.05) is 27.7 Å². The van der Waals surface area contributed by atoms with Crippen molar-refractivity contribution in [1.82, 2.24) is 9.55 Å². The van der Waals surface area contributed by atoms with Crippen LogP contribution in [0.1, 0.15) is 39.7 Å². The summed E-state index contributed by atoms with van der Waals surface area (Å²) in [6, 6.07) is 8.59. The molecule has 0 spiro atoms. The summed E-state index contributed by atoms with van der Waals surface area (Å²) < 4.78 is 1.37. The van der Waals surface area contributed by atoms with Gasteiger partial charge in [-0.2, -0.15) is 5.26 Å². The first-order valence-electron chi connectivity index (χ1n) is 10.3. The molecular weight excluding hydrogens is 396 g/mol. The highest BCUT2D eigenvalue weighted by atomic mass is 16.2. The number of hydrogen-bond donors (Lipinski definition) is 3. The largest absolute Gasteiger partial charge is 0.383 e. The van der Waals surface area contributed by atoms with Gasteiger partial charge in [-0.25, -0.2) is 4.79 Å². The fourth-order valence-electron chi connectivity index (χ4n) is 3.25. The van der Waals surface area contributed by atoms with Crippen molar-refractivity contribution in [1.29, 1.82) is 5.26 Å². The van der Waals surface area contributed by atoms with Crippen LogP contribution < -0.4 is 27.2 Å². The van der Waals surface area contributed by atoms with Gasteiger partial charge in [-0.05, 0) is 36.1 Å². The van der Waals surface area contributed by atoms with Gasteiger partial charge in [0.05, 0.1) is 11.6 Å². The molecule has 31 heavy (non-hydrogen) atoms. The number of nitrogen functional groups attached to an aromatic ring is 1. The van der Waals surface area contributed by atoms with Crippen LogP contribution >= 0.6 is 0 Å². The molecule has 2 rings (SSSR count). The Hall–Kier alpha value is -3.54. The zero-order valence-electron chi connectivity index (χ0n) is 18.4. The standard InChI is InChI=1S/C22H30N6O3/c1-14(2)12-27(10-9-18(29)25-17-7-5-16(11-23)6-8-17)19-20(24)28(13-15(3)4)22(31)26-21(19)30/h5-8,14-15H,9-10,12-13,24H2,1-4H3,(H,25,29)(H,26,30,31). The molecule has 0 aliphatic carbocycles.